The number of sulfonamides is 1. The lowest BCUT2D eigenvalue weighted by Gasteiger charge is -2.32. The third-order valence-corrected chi connectivity index (χ3v) is 7.21. The first-order chi connectivity index (χ1) is 13.0. The van der Waals surface area contributed by atoms with Crippen LogP contribution in [0.15, 0.2) is 41.8 Å². The van der Waals surface area contributed by atoms with Gasteiger partial charge in [-0.05, 0) is 55.9 Å². The number of nitrogens with zero attached hydrogens (tertiary/aromatic N) is 2. The molecule has 27 heavy (non-hydrogen) atoms. The summed E-state index contributed by atoms with van der Waals surface area (Å²) < 4.78 is 32.2. The number of amides is 1. The summed E-state index contributed by atoms with van der Waals surface area (Å²) in [6.45, 7) is 7.47. The number of carbonyl (C=O) groups excluding carboxylic acids is 1. The molecule has 0 unspecified atom stereocenters. The van der Waals surface area contributed by atoms with E-state index in [4.69, 9.17) is 4.74 Å². The van der Waals surface area contributed by atoms with Crippen molar-refractivity contribution in [1.29, 1.82) is 0 Å². The van der Waals surface area contributed by atoms with Gasteiger partial charge in [0.15, 0.2) is 0 Å². The van der Waals surface area contributed by atoms with Crippen LogP contribution in [0.5, 0.6) is 0 Å². The van der Waals surface area contributed by atoms with Crippen molar-refractivity contribution < 1.29 is 17.9 Å². The Morgan fingerprint density at radius 2 is 1.74 bits per heavy atom. The fraction of sp³-hybridized carbons (Fsp3) is 0.550. The second-order valence-corrected chi connectivity index (χ2v) is 9.14. The molecule has 7 heteroatoms. The molecule has 0 aromatic heterocycles. The number of likely N-dealkylation sites (tertiary alicyclic amines) is 1. The van der Waals surface area contributed by atoms with E-state index < -0.39 is 10.0 Å². The highest BCUT2D eigenvalue weighted by Crippen LogP contribution is 2.23. The molecule has 1 aromatic rings. The first-order valence-corrected chi connectivity index (χ1v) is 11.0. The van der Waals surface area contributed by atoms with Crippen LogP contribution in [0.3, 0.4) is 0 Å². The zero-order valence-electron chi connectivity index (χ0n) is 15.7. The van der Waals surface area contributed by atoms with Crippen LogP contribution in [0.1, 0.15) is 36.0 Å². The van der Waals surface area contributed by atoms with Crippen LogP contribution in [0.2, 0.25) is 0 Å². The quantitative estimate of drug-likeness (QED) is 0.528. The molecule has 1 amide bonds. The van der Waals surface area contributed by atoms with Gasteiger partial charge in [-0.15, -0.1) is 6.58 Å². The molecule has 1 aromatic carbocycles. The van der Waals surface area contributed by atoms with Crippen LogP contribution in [0.25, 0.3) is 0 Å². The molecule has 0 atom stereocenters. The van der Waals surface area contributed by atoms with E-state index in [0.29, 0.717) is 50.9 Å². The summed E-state index contributed by atoms with van der Waals surface area (Å²) in [6, 6.07) is 6.36. The molecule has 2 aliphatic heterocycles. The van der Waals surface area contributed by atoms with Gasteiger partial charge in [0.1, 0.15) is 0 Å². The SMILES string of the molecule is C=CCOCC1CCN(C(=O)c2ccc(S(=O)(=O)N3CCCC3)cc2)CC1. The Hall–Kier alpha value is -1.70. The maximum Gasteiger partial charge on any atom is 0.253 e. The highest BCUT2D eigenvalue weighted by atomic mass is 32.2. The molecule has 0 N–H and O–H groups in total. The molecule has 0 aliphatic carbocycles. The molecule has 0 bridgehead atoms. The summed E-state index contributed by atoms with van der Waals surface area (Å²) in [6.07, 6.45) is 5.40. The Balaban J connectivity index is 1.57. The third kappa shape index (κ3) is 4.78. The predicted molar refractivity (Wildman–Crippen MR) is 104 cm³/mol. The van der Waals surface area contributed by atoms with Crippen molar-refractivity contribution in [3.63, 3.8) is 0 Å². The van der Waals surface area contributed by atoms with E-state index in [1.807, 2.05) is 4.90 Å². The minimum atomic E-state index is -3.44. The fourth-order valence-corrected chi connectivity index (χ4v) is 5.17. The highest BCUT2D eigenvalue weighted by Gasteiger charge is 2.28. The van der Waals surface area contributed by atoms with Crippen molar-refractivity contribution in [2.24, 2.45) is 5.92 Å². The summed E-state index contributed by atoms with van der Waals surface area (Å²) in [5.74, 6) is 0.438. The lowest BCUT2D eigenvalue weighted by molar-refractivity contribution is 0.0575. The van der Waals surface area contributed by atoms with Gasteiger partial charge in [0.05, 0.1) is 11.5 Å². The Kier molecular flexibility index (Phi) is 6.68. The Morgan fingerprint density at radius 3 is 2.33 bits per heavy atom. The second-order valence-electron chi connectivity index (χ2n) is 7.20. The van der Waals surface area contributed by atoms with Crippen LogP contribution in [-0.4, -0.2) is 62.9 Å². The van der Waals surface area contributed by atoms with Crippen molar-refractivity contribution in [3.05, 3.63) is 42.5 Å². The summed E-state index contributed by atoms with van der Waals surface area (Å²) in [7, 11) is -3.44. The average molecular weight is 393 g/mol. The second kappa shape index (κ2) is 8.99. The van der Waals surface area contributed by atoms with Crippen LogP contribution in [-0.2, 0) is 14.8 Å². The van der Waals surface area contributed by atoms with E-state index in [0.717, 1.165) is 25.7 Å². The highest BCUT2D eigenvalue weighted by molar-refractivity contribution is 7.89. The lowest BCUT2D eigenvalue weighted by atomic mass is 9.97. The van der Waals surface area contributed by atoms with Gasteiger partial charge >= 0.3 is 0 Å². The molecule has 148 valence electrons. The molecule has 0 radical (unpaired) electrons. The molecule has 3 rings (SSSR count). The molecule has 2 saturated heterocycles. The summed E-state index contributed by atoms with van der Waals surface area (Å²) in [5, 5.41) is 0. The van der Waals surface area contributed by atoms with E-state index in [-0.39, 0.29) is 10.8 Å². The van der Waals surface area contributed by atoms with Gasteiger partial charge in [0.25, 0.3) is 5.91 Å². The Labute approximate surface area is 161 Å². The smallest absolute Gasteiger partial charge is 0.253 e. The summed E-state index contributed by atoms with van der Waals surface area (Å²) in [5.41, 5.74) is 0.539. The van der Waals surface area contributed by atoms with Crippen molar-refractivity contribution in [3.8, 4) is 0 Å². The summed E-state index contributed by atoms with van der Waals surface area (Å²) >= 11 is 0. The van der Waals surface area contributed by atoms with Crippen molar-refractivity contribution in [2.75, 3.05) is 39.4 Å². The number of hydrogen-bond donors (Lipinski definition) is 0. The van der Waals surface area contributed by atoms with Gasteiger partial charge in [0.2, 0.25) is 10.0 Å². The summed E-state index contributed by atoms with van der Waals surface area (Å²) in [4.78, 5) is 14.8. The minimum absolute atomic E-state index is 0.0365. The third-order valence-electron chi connectivity index (χ3n) is 5.30. The van der Waals surface area contributed by atoms with Crippen molar-refractivity contribution in [1.82, 2.24) is 9.21 Å². The van der Waals surface area contributed by atoms with Gasteiger partial charge in [-0.2, -0.15) is 4.31 Å². The van der Waals surface area contributed by atoms with E-state index >= 15 is 0 Å². The molecule has 2 heterocycles. The van der Waals surface area contributed by atoms with Gasteiger partial charge < -0.3 is 9.64 Å². The van der Waals surface area contributed by atoms with Gasteiger partial charge in [-0.25, -0.2) is 8.42 Å². The first-order valence-electron chi connectivity index (χ1n) is 9.60. The number of rotatable bonds is 7. The van der Waals surface area contributed by atoms with E-state index in [1.165, 1.54) is 4.31 Å². The lowest BCUT2D eigenvalue weighted by Crippen LogP contribution is -2.39. The normalized spacial score (nSPS) is 19.3. The van der Waals surface area contributed by atoms with Crippen molar-refractivity contribution in [2.45, 2.75) is 30.6 Å². The topological polar surface area (TPSA) is 66.9 Å². The molecule has 0 saturated carbocycles. The maximum atomic E-state index is 12.7. The minimum Gasteiger partial charge on any atom is -0.377 e. The van der Waals surface area contributed by atoms with E-state index in [2.05, 4.69) is 6.58 Å². The Bertz CT molecular complexity index is 747. The van der Waals surface area contributed by atoms with Crippen molar-refractivity contribution >= 4 is 15.9 Å². The maximum absolute atomic E-state index is 12.7. The van der Waals surface area contributed by atoms with Crippen LogP contribution in [0.4, 0.5) is 0 Å². The van der Waals surface area contributed by atoms with Crippen LogP contribution < -0.4 is 0 Å². The van der Waals surface area contributed by atoms with E-state index in [9.17, 15) is 13.2 Å². The number of carbonyl (C=O) groups is 1. The number of ether oxygens (including phenoxy) is 1. The molecular formula is C20H28N2O4S. The van der Waals surface area contributed by atoms with Crippen LogP contribution >= 0.6 is 0 Å². The molecule has 2 fully saturated rings. The standard InChI is InChI=1S/C20H28N2O4S/c1-2-15-26-16-17-9-13-21(14-10-17)20(23)18-5-7-19(8-6-18)27(24,25)22-11-3-4-12-22/h2,5-8,17H,1,3-4,9-16H2. The fourth-order valence-electron chi connectivity index (χ4n) is 3.65. The molecule has 2 aliphatic rings. The van der Waals surface area contributed by atoms with Gasteiger partial charge in [0, 0.05) is 38.3 Å². The monoisotopic (exact) mass is 392 g/mol. The zero-order chi connectivity index (χ0) is 19.3. The number of hydrogen-bond acceptors (Lipinski definition) is 4. The molecular weight excluding hydrogens is 364 g/mol. The average Bonchev–Trinajstić information content (AvgIpc) is 3.24. The molecule has 0 spiro atoms. The van der Waals surface area contributed by atoms with Gasteiger partial charge in [-0.3, -0.25) is 4.79 Å². The molecule has 6 nitrogen and oxygen atoms in total. The number of benzene rings is 1. The number of piperidine rings is 1. The largest absolute Gasteiger partial charge is 0.377 e. The predicted octanol–water partition coefficient (Wildman–Crippen LogP) is 2.53. The zero-order valence-corrected chi connectivity index (χ0v) is 16.5. The van der Waals surface area contributed by atoms with Gasteiger partial charge in [-0.1, -0.05) is 6.08 Å². The first kappa shape index (κ1) is 20.0. The van der Waals surface area contributed by atoms with Crippen LogP contribution in [0, 0.1) is 5.92 Å². The van der Waals surface area contributed by atoms with E-state index in [1.54, 1.807) is 30.3 Å². The Morgan fingerprint density at radius 1 is 1.11 bits per heavy atom.